The molecule has 12 nitrogen and oxygen atoms in total. The van der Waals surface area contributed by atoms with Crippen molar-refractivity contribution in [3.63, 3.8) is 0 Å². The predicted molar refractivity (Wildman–Crippen MR) is 139 cm³/mol. The molecule has 1 saturated carbocycles. The van der Waals surface area contributed by atoms with Crippen LogP contribution in [-0.4, -0.2) is 74.1 Å². The summed E-state index contributed by atoms with van der Waals surface area (Å²) in [6, 6.07) is -3.07. The fourth-order valence-electron chi connectivity index (χ4n) is 5.00. The van der Waals surface area contributed by atoms with Crippen LogP contribution in [0, 0.1) is 35.4 Å². The highest BCUT2D eigenvalue weighted by molar-refractivity contribution is 5.98. The Balaban J connectivity index is 1.73. The maximum Gasteiger partial charge on any atom is 0.274 e. The molecule has 2 fully saturated rings. The van der Waals surface area contributed by atoms with Gasteiger partial charge in [0.2, 0.25) is 29.5 Å². The minimum absolute atomic E-state index is 0.261. The standard InChI is InChI=1S/C27H30F4N6O6/c1-10-21(39)14(9-13-16(28)17(29)23(31)37-22(13)30)34-25(41)18(35-27(43)20-15(38)7-4-8-32-20)11(2)33-26(42)19(36-24(10)40)12-5-3-6-12/h4,7-8,10-12,14,18-19,21,38-39H,3,5-6,9H2,1-2H3,(H,33,42)(H,34,41)(H,35,43)(H,36,40)/t10-,11-,14+,18+,19?,21+/m1/s1. The molecule has 43 heavy (non-hydrogen) atoms. The Labute approximate surface area is 242 Å². The predicted octanol–water partition coefficient (Wildman–Crippen LogP) is 0.365. The first-order valence-electron chi connectivity index (χ1n) is 13.5. The number of carbonyl (C=O) groups is 4. The van der Waals surface area contributed by atoms with E-state index in [0.29, 0.717) is 12.8 Å². The number of pyridine rings is 2. The molecule has 16 heteroatoms. The van der Waals surface area contributed by atoms with E-state index in [-0.39, 0.29) is 5.92 Å². The number of nitrogens with zero attached hydrogens (tertiary/aromatic N) is 2. The zero-order chi connectivity index (χ0) is 31.6. The van der Waals surface area contributed by atoms with Gasteiger partial charge in [0.1, 0.15) is 17.8 Å². The highest BCUT2D eigenvalue weighted by atomic mass is 19.2. The van der Waals surface area contributed by atoms with E-state index in [0.717, 1.165) is 6.42 Å². The van der Waals surface area contributed by atoms with Gasteiger partial charge in [-0.3, -0.25) is 19.2 Å². The van der Waals surface area contributed by atoms with Crippen molar-refractivity contribution in [2.24, 2.45) is 11.8 Å². The lowest BCUT2D eigenvalue weighted by atomic mass is 9.78. The SMILES string of the molecule is C[C@H]1NC(=O)C(C2CCC2)NC(=O)[C@H](C)[C@H](O)[C@H](Cc2c(F)nc(F)c(F)c2F)NC(=O)[C@H]1NC(=O)c1ncccc1O. The van der Waals surface area contributed by atoms with Crippen molar-refractivity contribution in [1.29, 1.82) is 0 Å². The summed E-state index contributed by atoms with van der Waals surface area (Å²) in [6.07, 6.45) is 0.349. The van der Waals surface area contributed by atoms with Crippen LogP contribution >= 0.6 is 0 Å². The van der Waals surface area contributed by atoms with Crippen LogP contribution in [0.1, 0.15) is 49.2 Å². The largest absolute Gasteiger partial charge is 0.505 e. The lowest BCUT2D eigenvalue weighted by Gasteiger charge is -2.37. The molecule has 0 radical (unpaired) electrons. The molecular formula is C27H30F4N6O6. The minimum Gasteiger partial charge on any atom is -0.505 e. The van der Waals surface area contributed by atoms with E-state index >= 15 is 0 Å². The van der Waals surface area contributed by atoms with Gasteiger partial charge < -0.3 is 31.5 Å². The van der Waals surface area contributed by atoms with E-state index in [1.54, 1.807) is 0 Å². The molecule has 3 heterocycles. The fourth-order valence-corrected chi connectivity index (χ4v) is 5.00. The molecule has 1 saturated heterocycles. The van der Waals surface area contributed by atoms with Gasteiger partial charge in [-0.25, -0.2) is 9.37 Å². The third-order valence-corrected chi connectivity index (χ3v) is 7.82. The molecule has 232 valence electrons. The average Bonchev–Trinajstić information content (AvgIpc) is 2.93. The van der Waals surface area contributed by atoms with Gasteiger partial charge >= 0.3 is 0 Å². The van der Waals surface area contributed by atoms with Crippen LogP contribution in [0.2, 0.25) is 0 Å². The summed E-state index contributed by atoms with van der Waals surface area (Å²) in [7, 11) is 0. The second kappa shape index (κ2) is 12.9. The number of aliphatic hydroxyl groups excluding tert-OH is 1. The van der Waals surface area contributed by atoms with Gasteiger partial charge in [0.15, 0.2) is 11.5 Å². The van der Waals surface area contributed by atoms with Gasteiger partial charge in [0, 0.05) is 18.2 Å². The topological polar surface area (TPSA) is 183 Å². The molecule has 2 aromatic rings. The van der Waals surface area contributed by atoms with Gasteiger partial charge in [0.25, 0.3) is 11.9 Å². The van der Waals surface area contributed by atoms with Crippen molar-refractivity contribution >= 4 is 23.6 Å². The molecule has 4 rings (SSSR count). The van der Waals surface area contributed by atoms with E-state index in [2.05, 4.69) is 31.2 Å². The quantitative estimate of drug-likeness (QED) is 0.207. The van der Waals surface area contributed by atoms with Gasteiger partial charge in [-0.2, -0.15) is 18.2 Å². The summed E-state index contributed by atoms with van der Waals surface area (Å²) < 4.78 is 56.5. The molecule has 0 spiro atoms. The van der Waals surface area contributed by atoms with Gasteiger partial charge in [-0.1, -0.05) is 13.3 Å². The van der Waals surface area contributed by atoms with Crippen molar-refractivity contribution in [2.75, 3.05) is 0 Å². The number of hydrogen-bond donors (Lipinski definition) is 6. The Morgan fingerprint density at radius 3 is 2.33 bits per heavy atom. The number of nitrogens with one attached hydrogen (secondary N) is 4. The smallest absolute Gasteiger partial charge is 0.274 e. The highest BCUT2D eigenvalue weighted by Gasteiger charge is 2.41. The molecule has 2 aromatic heterocycles. The van der Waals surface area contributed by atoms with Crippen LogP contribution < -0.4 is 21.3 Å². The Morgan fingerprint density at radius 1 is 1.00 bits per heavy atom. The maximum atomic E-state index is 14.6. The van der Waals surface area contributed by atoms with Crippen LogP contribution in [0.3, 0.4) is 0 Å². The zero-order valence-corrected chi connectivity index (χ0v) is 23.0. The molecule has 1 aliphatic carbocycles. The molecule has 0 bridgehead atoms. The summed E-state index contributed by atoms with van der Waals surface area (Å²) in [5.41, 5.74) is -1.57. The van der Waals surface area contributed by atoms with Crippen molar-refractivity contribution in [1.82, 2.24) is 31.2 Å². The van der Waals surface area contributed by atoms with Crippen LogP contribution in [0.5, 0.6) is 5.75 Å². The lowest BCUT2D eigenvalue weighted by molar-refractivity contribution is -0.137. The zero-order valence-electron chi connectivity index (χ0n) is 23.0. The first-order chi connectivity index (χ1) is 20.3. The molecule has 1 aliphatic heterocycles. The monoisotopic (exact) mass is 610 g/mol. The normalized spacial score (nSPS) is 27.1. The Hall–Kier alpha value is -4.34. The molecular weight excluding hydrogens is 580 g/mol. The maximum absolute atomic E-state index is 14.6. The summed E-state index contributed by atoms with van der Waals surface area (Å²) >= 11 is 0. The number of aliphatic hydroxyl groups is 1. The van der Waals surface area contributed by atoms with Crippen molar-refractivity contribution in [2.45, 2.75) is 69.8 Å². The Bertz CT molecular complexity index is 1430. The lowest BCUT2D eigenvalue weighted by Crippen LogP contribution is -2.65. The number of hydrogen-bond acceptors (Lipinski definition) is 8. The van der Waals surface area contributed by atoms with Crippen LogP contribution in [-0.2, 0) is 20.8 Å². The van der Waals surface area contributed by atoms with E-state index < -0.39 is 107 Å². The fraction of sp³-hybridized carbons (Fsp3) is 0.481. The minimum atomic E-state index is -2.09. The van der Waals surface area contributed by atoms with Gasteiger partial charge in [-0.05, 0) is 37.8 Å². The highest BCUT2D eigenvalue weighted by Crippen LogP contribution is 2.30. The molecule has 4 amide bonds. The Kier molecular flexibility index (Phi) is 9.47. The first kappa shape index (κ1) is 31.6. The van der Waals surface area contributed by atoms with Gasteiger partial charge in [-0.15, -0.1) is 0 Å². The number of halogens is 4. The van der Waals surface area contributed by atoms with Crippen LogP contribution in [0.4, 0.5) is 17.6 Å². The Morgan fingerprint density at radius 2 is 1.70 bits per heavy atom. The second-order valence-electron chi connectivity index (χ2n) is 10.7. The molecule has 2 aliphatic rings. The van der Waals surface area contributed by atoms with E-state index in [9.17, 15) is 47.0 Å². The second-order valence-corrected chi connectivity index (χ2v) is 10.7. The van der Waals surface area contributed by atoms with Crippen molar-refractivity contribution < 1.29 is 47.0 Å². The molecule has 0 aromatic carbocycles. The number of rotatable bonds is 5. The average molecular weight is 611 g/mol. The number of aromatic hydroxyl groups is 1. The third kappa shape index (κ3) is 6.68. The molecule has 6 atom stereocenters. The summed E-state index contributed by atoms with van der Waals surface area (Å²) in [5.74, 6) is -13.6. The number of carbonyl (C=O) groups excluding carboxylic acids is 4. The van der Waals surface area contributed by atoms with Crippen molar-refractivity contribution in [3.8, 4) is 5.75 Å². The van der Waals surface area contributed by atoms with Crippen LogP contribution in [0.25, 0.3) is 0 Å². The molecule has 6 N–H and O–H groups in total. The number of amides is 4. The van der Waals surface area contributed by atoms with Crippen molar-refractivity contribution in [3.05, 3.63) is 53.1 Å². The summed E-state index contributed by atoms with van der Waals surface area (Å²) in [4.78, 5) is 59.4. The molecule has 1 unspecified atom stereocenters. The summed E-state index contributed by atoms with van der Waals surface area (Å²) in [5, 5.41) is 31.0. The van der Waals surface area contributed by atoms with Gasteiger partial charge in [0.05, 0.1) is 24.1 Å². The van der Waals surface area contributed by atoms with Crippen LogP contribution in [0.15, 0.2) is 18.3 Å². The van der Waals surface area contributed by atoms with E-state index in [1.807, 2.05) is 0 Å². The third-order valence-electron chi connectivity index (χ3n) is 7.82. The summed E-state index contributed by atoms with van der Waals surface area (Å²) in [6.45, 7) is 2.60. The van der Waals surface area contributed by atoms with E-state index in [1.165, 1.54) is 32.2 Å². The van der Waals surface area contributed by atoms with E-state index in [4.69, 9.17) is 0 Å². The number of aromatic nitrogens is 2. The first-order valence-corrected chi connectivity index (χ1v) is 13.5.